The zero-order valence-electron chi connectivity index (χ0n) is 5.33. The van der Waals surface area contributed by atoms with Crippen LogP contribution in [-0.4, -0.2) is 0 Å². The number of hydrogen-bond acceptors (Lipinski definition) is 0. The molecule has 1 rings (SSSR count). The van der Waals surface area contributed by atoms with Crippen LogP contribution in [0.4, 0.5) is 0 Å². The van der Waals surface area contributed by atoms with Gasteiger partial charge in [-0.2, -0.15) is 0 Å². The Balaban J connectivity index is 2.59. The maximum atomic E-state index is 3.87. The lowest BCUT2D eigenvalue weighted by molar-refractivity contribution is 0.995. The second-order valence-electron chi connectivity index (χ2n) is 2.01. The molecule has 0 aromatic carbocycles. The van der Waals surface area contributed by atoms with Gasteiger partial charge < -0.3 is 0 Å². The Kier molecular flexibility index (Phi) is 2.32. The molecule has 0 saturated heterocycles. The minimum Gasteiger partial charge on any atom is -0.0808 e. The van der Waals surface area contributed by atoms with Gasteiger partial charge >= 0.3 is 0 Å². The third-order valence-corrected chi connectivity index (χ3v) is 1.16. The van der Waals surface area contributed by atoms with Gasteiger partial charge in [-0.05, 0) is 19.3 Å². The molecule has 0 heteroatoms. The van der Waals surface area contributed by atoms with Gasteiger partial charge in [0.15, 0.2) is 0 Å². The molecule has 0 aromatic heterocycles. The van der Waals surface area contributed by atoms with Crippen LogP contribution in [0.5, 0.6) is 0 Å². The number of allylic oxidation sites excluding steroid dienone is 6. The maximum Gasteiger partial charge on any atom is -0.00986 e. The maximum absolute atomic E-state index is 3.87. The van der Waals surface area contributed by atoms with Crippen LogP contribution in [0, 0.1) is 19.3 Å². The lowest BCUT2D eigenvalue weighted by Crippen LogP contribution is -1.87. The molecule has 1 atom stereocenters. The SMILES string of the molecule is [CH2]C1[CH]\C=C/C=C\C=C/1. The topological polar surface area (TPSA) is 0 Å². The predicted octanol–water partition coefficient (Wildman–Crippen LogP) is 2.32. The third kappa shape index (κ3) is 2.31. The summed E-state index contributed by atoms with van der Waals surface area (Å²) >= 11 is 0. The van der Waals surface area contributed by atoms with E-state index in [1.165, 1.54) is 0 Å². The van der Waals surface area contributed by atoms with Gasteiger partial charge in [0.25, 0.3) is 0 Å². The summed E-state index contributed by atoms with van der Waals surface area (Å²) in [6, 6.07) is 0. The number of rotatable bonds is 0. The fourth-order valence-corrected chi connectivity index (χ4v) is 0.670. The molecule has 0 aromatic rings. The van der Waals surface area contributed by atoms with Crippen molar-refractivity contribution in [1.82, 2.24) is 0 Å². The summed E-state index contributed by atoms with van der Waals surface area (Å²) in [4.78, 5) is 0. The van der Waals surface area contributed by atoms with E-state index in [0.717, 1.165) is 0 Å². The summed E-state index contributed by atoms with van der Waals surface area (Å²) < 4.78 is 0. The van der Waals surface area contributed by atoms with Gasteiger partial charge in [0.1, 0.15) is 0 Å². The standard InChI is InChI=1S/C9H10/c1-9-7-5-3-2-4-6-8-9/h2-9H,1H2/b3-2-,6-4-,7-5-. The fraction of sp³-hybridized carbons (Fsp3) is 0.111. The van der Waals surface area contributed by atoms with Crippen molar-refractivity contribution in [1.29, 1.82) is 0 Å². The minimum absolute atomic E-state index is 0.325. The molecule has 0 N–H and O–H groups in total. The Bertz CT molecular complexity index is 149. The normalized spacial score (nSPS) is 36.3. The van der Waals surface area contributed by atoms with Crippen LogP contribution in [0.15, 0.2) is 36.5 Å². The fourth-order valence-electron chi connectivity index (χ4n) is 0.670. The van der Waals surface area contributed by atoms with Crippen molar-refractivity contribution in [3.63, 3.8) is 0 Å². The number of hydrogen-bond donors (Lipinski definition) is 0. The Morgan fingerprint density at radius 2 is 1.56 bits per heavy atom. The van der Waals surface area contributed by atoms with E-state index < -0.39 is 0 Å². The molecule has 0 saturated carbocycles. The van der Waals surface area contributed by atoms with E-state index in [1.54, 1.807) is 0 Å². The van der Waals surface area contributed by atoms with Gasteiger partial charge in [-0.1, -0.05) is 36.5 Å². The molecule has 0 spiro atoms. The smallest absolute Gasteiger partial charge is 0.00986 e. The van der Waals surface area contributed by atoms with Crippen LogP contribution in [0.2, 0.25) is 0 Å². The molecule has 1 aliphatic carbocycles. The molecular weight excluding hydrogens is 108 g/mol. The van der Waals surface area contributed by atoms with Gasteiger partial charge in [-0.3, -0.25) is 0 Å². The highest BCUT2D eigenvalue weighted by Crippen LogP contribution is 2.04. The molecule has 2 radical (unpaired) electrons. The molecule has 9 heavy (non-hydrogen) atoms. The second kappa shape index (κ2) is 3.29. The van der Waals surface area contributed by atoms with Gasteiger partial charge in [-0.25, -0.2) is 0 Å². The summed E-state index contributed by atoms with van der Waals surface area (Å²) in [5, 5.41) is 0. The summed E-state index contributed by atoms with van der Waals surface area (Å²) in [5.74, 6) is 0.325. The average Bonchev–Trinajstić information content (AvgIpc) is 1.79. The van der Waals surface area contributed by atoms with Crippen LogP contribution >= 0.6 is 0 Å². The van der Waals surface area contributed by atoms with Crippen LogP contribution in [0.1, 0.15) is 0 Å². The summed E-state index contributed by atoms with van der Waals surface area (Å²) in [5.41, 5.74) is 0. The average molecular weight is 118 g/mol. The molecule has 0 aliphatic heterocycles. The van der Waals surface area contributed by atoms with Crippen LogP contribution < -0.4 is 0 Å². The first-order chi connectivity index (χ1) is 4.39. The van der Waals surface area contributed by atoms with Gasteiger partial charge in [0.05, 0.1) is 0 Å². The van der Waals surface area contributed by atoms with Crippen molar-refractivity contribution in [2.75, 3.05) is 0 Å². The highest BCUT2D eigenvalue weighted by molar-refractivity contribution is 5.20. The van der Waals surface area contributed by atoms with E-state index in [9.17, 15) is 0 Å². The zero-order chi connectivity index (χ0) is 6.53. The Labute approximate surface area is 56.6 Å². The molecule has 0 amide bonds. The van der Waals surface area contributed by atoms with E-state index in [2.05, 4.69) is 19.4 Å². The minimum atomic E-state index is 0.325. The molecule has 1 unspecified atom stereocenters. The van der Waals surface area contributed by atoms with Crippen LogP contribution in [0.25, 0.3) is 0 Å². The largest absolute Gasteiger partial charge is 0.0808 e. The Hall–Kier alpha value is -0.780. The van der Waals surface area contributed by atoms with E-state index >= 15 is 0 Å². The van der Waals surface area contributed by atoms with Crippen molar-refractivity contribution in [3.05, 3.63) is 49.8 Å². The van der Waals surface area contributed by atoms with Crippen molar-refractivity contribution >= 4 is 0 Å². The summed E-state index contributed by atoms with van der Waals surface area (Å²) in [7, 11) is 0. The summed E-state index contributed by atoms with van der Waals surface area (Å²) in [6.45, 7) is 3.87. The molecular formula is C9H10. The van der Waals surface area contributed by atoms with Crippen molar-refractivity contribution < 1.29 is 0 Å². The quantitative estimate of drug-likeness (QED) is 0.458. The van der Waals surface area contributed by atoms with Gasteiger partial charge in [0.2, 0.25) is 0 Å². The lowest BCUT2D eigenvalue weighted by atomic mass is 10.1. The summed E-state index contributed by atoms with van der Waals surface area (Å²) in [6.07, 6.45) is 14.1. The Morgan fingerprint density at radius 3 is 2.44 bits per heavy atom. The second-order valence-corrected chi connectivity index (χ2v) is 2.01. The van der Waals surface area contributed by atoms with E-state index in [0.29, 0.717) is 5.92 Å². The Morgan fingerprint density at radius 1 is 0.889 bits per heavy atom. The molecule has 46 valence electrons. The predicted molar refractivity (Wildman–Crippen MR) is 40.6 cm³/mol. The van der Waals surface area contributed by atoms with Crippen molar-refractivity contribution in [2.45, 2.75) is 0 Å². The highest BCUT2D eigenvalue weighted by Gasteiger charge is 1.91. The first-order valence-corrected chi connectivity index (χ1v) is 3.07. The lowest BCUT2D eigenvalue weighted by Gasteiger charge is -1.99. The molecule has 0 heterocycles. The van der Waals surface area contributed by atoms with E-state index in [1.807, 2.05) is 30.4 Å². The first-order valence-electron chi connectivity index (χ1n) is 3.07. The zero-order valence-corrected chi connectivity index (χ0v) is 5.33. The van der Waals surface area contributed by atoms with E-state index in [4.69, 9.17) is 0 Å². The van der Waals surface area contributed by atoms with Crippen LogP contribution in [0.3, 0.4) is 0 Å². The van der Waals surface area contributed by atoms with Crippen molar-refractivity contribution in [3.8, 4) is 0 Å². The monoisotopic (exact) mass is 118 g/mol. The van der Waals surface area contributed by atoms with Gasteiger partial charge in [0, 0.05) is 0 Å². The molecule has 1 aliphatic rings. The first kappa shape index (κ1) is 6.34. The van der Waals surface area contributed by atoms with Gasteiger partial charge in [-0.15, -0.1) is 0 Å². The molecule has 0 bridgehead atoms. The molecule has 0 nitrogen and oxygen atoms in total. The van der Waals surface area contributed by atoms with Crippen molar-refractivity contribution in [2.24, 2.45) is 5.92 Å². The molecule has 0 fully saturated rings. The van der Waals surface area contributed by atoms with E-state index in [-0.39, 0.29) is 0 Å². The highest BCUT2D eigenvalue weighted by atomic mass is 14.0. The third-order valence-electron chi connectivity index (χ3n) is 1.16. The van der Waals surface area contributed by atoms with Crippen LogP contribution in [-0.2, 0) is 0 Å².